The fourth-order valence-corrected chi connectivity index (χ4v) is 2.50. The fraction of sp³-hybridized carbons (Fsp3) is 0.357. The number of amides is 2. The monoisotopic (exact) mass is 308 g/mol. The van der Waals surface area contributed by atoms with Crippen LogP contribution in [0.3, 0.4) is 0 Å². The first-order valence-corrected chi connectivity index (χ1v) is 6.93. The molecule has 1 fully saturated rings. The van der Waals surface area contributed by atoms with Crippen LogP contribution in [0.1, 0.15) is 12.5 Å². The smallest absolute Gasteiger partial charge is 0.416 e. The zero-order chi connectivity index (χ0) is 15.0. The van der Waals surface area contributed by atoms with Crippen LogP contribution < -0.4 is 0 Å². The number of carbonyl (C=O) groups excluding carboxylic acids is 2. The lowest BCUT2D eigenvalue weighted by Gasteiger charge is -2.18. The maximum atomic E-state index is 12.3. The molecule has 110 valence electrons. The minimum absolute atomic E-state index is 0.219. The lowest BCUT2D eigenvalue weighted by atomic mass is 9.93. The Morgan fingerprint density at radius 2 is 2.10 bits per heavy atom. The quantitative estimate of drug-likeness (QED) is 0.838. The Labute approximate surface area is 126 Å². The molecule has 1 aromatic rings. The highest BCUT2D eigenvalue weighted by Crippen LogP contribution is 2.26. The van der Waals surface area contributed by atoms with Crippen molar-refractivity contribution in [3.05, 3.63) is 34.9 Å². The van der Waals surface area contributed by atoms with Gasteiger partial charge in [-0.3, -0.25) is 4.79 Å². The molecular formula is C14H13ClN2O4. The summed E-state index contributed by atoms with van der Waals surface area (Å²) in [5, 5.41) is 4.61. The Hall–Kier alpha value is -2.08. The molecule has 0 aromatic heterocycles. The van der Waals surface area contributed by atoms with Gasteiger partial charge >= 0.3 is 6.09 Å². The molecule has 2 atom stereocenters. The maximum absolute atomic E-state index is 12.3. The lowest BCUT2D eigenvalue weighted by molar-refractivity contribution is -0.140. The molecule has 2 heterocycles. The van der Waals surface area contributed by atoms with Gasteiger partial charge in [0, 0.05) is 5.02 Å². The van der Waals surface area contributed by atoms with Gasteiger partial charge in [0.1, 0.15) is 6.61 Å². The topological polar surface area (TPSA) is 68.2 Å². The first-order valence-electron chi connectivity index (χ1n) is 6.55. The second-order valence-electron chi connectivity index (χ2n) is 4.90. The highest BCUT2D eigenvalue weighted by Gasteiger charge is 2.42. The van der Waals surface area contributed by atoms with Crippen molar-refractivity contribution in [1.82, 2.24) is 4.90 Å². The number of rotatable bonds is 2. The number of cyclic esters (lactones) is 1. The van der Waals surface area contributed by atoms with Crippen LogP contribution in [0.25, 0.3) is 0 Å². The largest absolute Gasteiger partial charge is 0.447 e. The molecule has 2 aliphatic heterocycles. The van der Waals surface area contributed by atoms with Crippen LogP contribution in [0, 0.1) is 5.92 Å². The molecule has 6 nitrogen and oxygen atoms in total. The van der Waals surface area contributed by atoms with E-state index in [0.717, 1.165) is 10.5 Å². The van der Waals surface area contributed by atoms with E-state index in [2.05, 4.69) is 5.16 Å². The Morgan fingerprint density at radius 1 is 1.38 bits per heavy atom. The van der Waals surface area contributed by atoms with Crippen LogP contribution in [-0.2, 0) is 14.4 Å². The van der Waals surface area contributed by atoms with E-state index in [4.69, 9.17) is 21.2 Å². The normalized spacial score (nSPS) is 24.6. The van der Waals surface area contributed by atoms with Crippen molar-refractivity contribution >= 4 is 29.3 Å². The van der Waals surface area contributed by atoms with E-state index in [0.29, 0.717) is 10.7 Å². The van der Waals surface area contributed by atoms with E-state index in [1.54, 1.807) is 12.1 Å². The van der Waals surface area contributed by atoms with Gasteiger partial charge in [0.2, 0.25) is 6.10 Å². The number of hydrogen-bond acceptors (Lipinski definition) is 5. The second kappa shape index (κ2) is 5.37. The third-order valence-corrected chi connectivity index (χ3v) is 3.81. The third kappa shape index (κ3) is 2.47. The van der Waals surface area contributed by atoms with E-state index >= 15 is 0 Å². The van der Waals surface area contributed by atoms with Gasteiger partial charge in [-0.05, 0) is 17.7 Å². The van der Waals surface area contributed by atoms with Crippen molar-refractivity contribution in [2.45, 2.75) is 13.0 Å². The first-order chi connectivity index (χ1) is 10.1. The van der Waals surface area contributed by atoms with Crippen molar-refractivity contribution < 1.29 is 19.2 Å². The predicted molar refractivity (Wildman–Crippen MR) is 75.1 cm³/mol. The summed E-state index contributed by atoms with van der Waals surface area (Å²) in [5.74, 6) is -0.676. The van der Waals surface area contributed by atoms with Crippen LogP contribution in [-0.4, -0.2) is 41.9 Å². The van der Waals surface area contributed by atoms with Gasteiger partial charge < -0.3 is 9.57 Å². The molecule has 0 unspecified atom stereocenters. The number of oxime groups is 1. The standard InChI is InChI=1S/C14H13ClN2O4/c1-8-11(9-2-4-10(15)5-3-9)16-21-12(8)13(18)17-6-7-20-14(17)19/h2-5,8,12H,6-7H2,1H3/t8-,12-/m0/s1. The summed E-state index contributed by atoms with van der Waals surface area (Å²) in [4.78, 5) is 30.0. The fourth-order valence-electron chi connectivity index (χ4n) is 2.37. The van der Waals surface area contributed by atoms with Crippen molar-refractivity contribution in [3.63, 3.8) is 0 Å². The van der Waals surface area contributed by atoms with Crippen LogP contribution >= 0.6 is 11.6 Å². The van der Waals surface area contributed by atoms with Gasteiger partial charge in [-0.2, -0.15) is 0 Å². The van der Waals surface area contributed by atoms with Crippen molar-refractivity contribution in [1.29, 1.82) is 0 Å². The average Bonchev–Trinajstić information content (AvgIpc) is 3.05. The summed E-state index contributed by atoms with van der Waals surface area (Å²) >= 11 is 5.85. The number of halogens is 1. The van der Waals surface area contributed by atoms with E-state index in [-0.39, 0.29) is 19.1 Å². The Balaban J connectivity index is 1.76. The van der Waals surface area contributed by atoms with E-state index in [1.807, 2.05) is 19.1 Å². The molecule has 2 aliphatic rings. The number of carbonyl (C=O) groups is 2. The Morgan fingerprint density at radius 3 is 2.71 bits per heavy atom. The molecule has 0 spiro atoms. The van der Waals surface area contributed by atoms with Gasteiger partial charge in [0.15, 0.2) is 0 Å². The highest BCUT2D eigenvalue weighted by molar-refractivity contribution is 6.30. The van der Waals surface area contributed by atoms with E-state index < -0.39 is 18.1 Å². The van der Waals surface area contributed by atoms with E-state index in [1.165, 1.54) is 0 Å². The third-order valence-electron chi connectivity index (χ3n) is 3.56. The van der Waals surface area contributed by atoms with Gasteiger partial charge in [-0.15, -0.1) is 0 Å². The summed E-state index contributed by atoms with van der Waals surface area (Å²) in [5.41, 5.74) is 1.50. The zero-order valence-corrected chi connectivity index (χ0v) is 12.0. The van der Waals surface area contributed by atoms with Crippen molar-refractivity contribution in [2.75, 3.05) is 13.2 Å². The molecule has 0 radical (unpaired) electrons. The molecule has 7 heteroatoms. The maximum Gasteiger partial charge on any atom is 0.416 e. The van der Waals surface area contributed by atoms with Gasteiger partial charge in [-0.1, -0.05) is 35.8 Å². The van der Waals surface area contributed by atoms with Gasteiger partial charge in [0.25, 0.3) is 5.91 Å². The summed E-state index contributed by atoms with van der Waals surface area (Å²) in [6, 6.07) is 7.13. The molecule has 3 rings (SSSR count). The summed E-state index contributed by atoms with van der Waals surface area (Å²) in [6.45, 7) is 2.31. The lowest BCUT2D eigenvalue weighted by Crippen LogP contribution is -2.43. The minimum Gasteiger partial charge on any atom is -0.447 e. The van der Waals surface area contributed by atoms with Gasteiger partial charge in [-0.25, -0.2) is 9.69 Å². The molecular weight excluding hydrogens is 296 g/mol. The number of nitrogens with zero attached hydrogens (tertiary/aromatic N) is 2. The molecule has 0 saturated carbocycles. The second-order valence-corrected chi connectivity index (χ2v) is 5.34. The molecule has 0 N–H and O–H groups in total. The van der Waals surface area contributed by atoms with Gasteiger partial charge in [0.05, 0.1) is 18.2 Å². The Kier molecular flexibility index (Phi) is 3.55. The summed E-state index contributed by atoms with van der Waals surface area (Å²) in [6.07, 6.45) is -1.43. The van der Waals surface area contributed by atoms with Crippen LogP contribution in [0.15, 0.2) is 29.4 Å². The molecule has 0 bridgehead atoms. The zero-order valence-electron chi connectivity index (χ0n) is 11.3. The molecule has 21 heavy (non-hydrogen) atoms. The molecule has 1 aromatic carbocycles. The van der Waals surface area contributed by atoms with Crippen molar-refractivity contribution in [3.8, 4) is 0 Å². The SMILES string of the molecule is C[C@H]1C(c2ccc(Cl)cc2)=NO[C@@H]1C(=O)N1CCOC1=O. The minimum atomic E-state index is -0.804. The summed E-state index contributed by atoms with van der Waals surface area (Å²) in [7, 11) is 0. The average molecular weight is 309 g/mol. The van der Waals surface area contributed by atoms with Crippen LogP contribution in [0.2, 0.25) is 5.02 Å². The van der Waals surface area contributed by atoms with E-state index in [9.17, 15) is 9.59 Å². The van der Waals surface area contributed by atoms with Crippen LogP contribution in [0.5, 0.6) is 0 Å². The molecule has 0 aliphatic carbocycles. The first kappa shape index (κ1) is 13.9. The molecule has 1 saturated heterocycles. The van der Waals surface area contributed by atoms with Crippen molar-refractivity contribution in [2.24, 2.45) is 11.1 Å². The number of imide groups is 1. The predicted octanol–water partition coefficient (Wildman–Crippen LogP) is 2.06. The van der Waals surface area contributed by atoms with Crippen LogP contribution in [0.4, 0.5) is 4.79 Å². The molecule has 2 amide bonds. The summed E-state index contributed by atoms with van der Waals surface area (Å²) < 4.78 is 4.76. The number of ether oxygens (including phenoxy) is 1. The highest BCUT2D eigenvalue weighted by atomic mass is 35.5. The number of hydrogen-bond donors (Lipinski definition) is 0. The number of benzene rings is 1. The Bertz CT molecular complexity index is 614.